The molecule has 0 aliphatic carbocycles. The molecule has 0 spiro atoms. The number of likely N-dealkylation sites (tertiary alicyclic amines) is 1. The highest BCUT2D eigenvalue weighted by molar-refractivity contribution is 4.82. The molecule has 3 heteroatoms. The first kappa shape index (κ1) is 11.0. The molecule has 13 heavy (non-hydrogen) atoms. The average molecular weight is 187 g/mol. The summed E-state index contributed by atoms with van der Waals surface area (Å²) in [5, 5.41) is 0. The van der Waals surface area contributed by atoms with Crippen LogP contribution in [0.1, 0.15) is 20.3 Å². The molecule has 78 valence electrons. The van der Waals surface area contributed by atoms with Gasteiger partial charge in [-0.3, -0.25) is 4.90 Å². The summed E-state index contributed by atoms with van der Waals surface area (Å²) in [5.41, 5.74) is 0.464. The smallest absolute Gasteiger partial charge is 0.169 e. The number of ether oxygens (including phenoxy) is 2. The predicted molar refractivity (Wildman–Crippen MR) is 52.6 cm³/mol. The van der Waals surface area contributed by atoms with Crippen molar-refractivity contribution in [1.29, 1.82) is 0 Å². The minimum absolute atomic E-state index is 0.0751. The van der Waals surface area contributed by atoms with Crippen molar-refractivity contribution in [2.45, 2.75) is 26.6 Å². The van der Waals surface area contributed by atoms with E-state index in [0.29, 0.717) is 5.41 Å². The zero-order valence-electron chi connectivity index (χ0n) is 9.17. The van der Waals surface area contributed by atoms with Gasteiger partial charge in [0.05, 0.1) is 0 Å². The second-order valence-electron chi connectivity index (χ2n) is 4.55. The molecule has 1 aliphatic rings. The lowest BCUT2D eigenvalue weighted by molar-refractivity contribution is -0.114. The van der Waals surface area contributed by atoms with Crippen LogP contribution in [0.5, 0.6) is 0 Å². The Morgan fingerprint density at radius 3 is 2.31 bits per heavy atom. The first-order chi connectivity index (χ1) is 6.07. The highest BCUT2D eigenvalue weighted by atomic mass is 16.7. The summed E-state index contributed by atoms with van der Waals surface area (Å²) in [6.07, 6.45) is 1.20. The van der Waals surface area contributed by atoms with Gasteiger partial charge in [-0.2, -0.15) is 0 Å². The molecule has 0 bridgehead atoms. The molecule has 1 aliphatic heterocycles. The normalized spacial score (nSPS) is 22.8. The van der Waals surface area contributed by atoms with E-state index in [0.717, 1.165) is 19.6 Å². The van der Waals surface area contributed by atoms with Crippen molar-refractivity contribution in [1.82, 2.24) is 4.90 Å². The van der Waals surface area contributed by atoms with E-state index >= 15 is 0 Å². The molecule has 1 rings (SSSR count). The molecule has 0 aromatic rings. The van der Waals surface area contributed by atoms with Crippen molar-refractivity contribution in [2.75, 3.05) is 33.9 Å². The predicted octanol–water partition coefficient (Wildman–Crippen LogP) is 1.34. The van der Waals surface area contributed by atoms with Crippen LogP contribution in [-0.2, 0) is 9.47 Å². The SMILES string of the molecule is COC(CN1CCC(C)(C)C1)OC. The van der Waals surface area contributed by atoms with Crippen LogP contribution in [-0.4, -0.2) is 45.0 Å². The van der Waals surface area contributed by atoms with Gasteiger partial charge in [-0.05, 0) is 18.4 Å². The molecule has 0 aromatic heterocycles. The standard InChI is InChI=1S/C10H21NO2/c1-10(2)5-6-11(8-10)7-9(12-3)13-4/h9H,5-8H2,1-4H3. The Hall–Kier alpha value is -0.120. The van der Waals surface area contributed by atoms with Crippen LogP contribution in [0.2, 0.25) is 0 Å². The number of hydrogen-bond acceptors (Lipinski definition) is 3. The van der Waals surface area contributed by atoms with Crippen molar-refractivity contribution >= 4 is 0 Å². The summed E-state index contributed by atoms with van der Waals surface area (Å²) < 4.78 is 10.3. The molecule has 0 N–H and O–H groups in total. The maximum Gasteiger partial charge on any atom is 0.169 e. The number of nitrogens with zero attached hydrogens (tertiary/aromatic N) is 1. The first-order valence-corrected chi connectivity index (χ1v) is 4.85. The lowest BCUT2D eigenvalue weighted by Gasteiger charge is -2.23. The highest BCUT2D eigenvalue weighted by Gasteiger charge is 2.30. The van der Waals surface area contributed by atoms with Crippen molar-refractivity contribution in [3.05, 3.63) is 0 Å². The van der Waals surface area contributed by atoms with Crippen LogP contribution in [0, 0.1) is 5.41 Å². The Morgan fingerprint density at radius 1 is 1.31 bits per heavy atom. The molecule has 1 heterocycles. The third-order valence-corrected chi connectivity index (χ3v) is 2.69. The molecule has 3 nitrogen and oxygen atoms in total. The topological polar surface area (TPSA) is 21.7 Å². The monoisotopic (exact) mass is 187 g/mol. The zero-order chi connectivity index (χ0) is 9.90. The third kappa shape index (κ3) is 3.25. The maximum atomic E-state index is 5.17. The lowest BCUT2D eigenvalue weighted by atomic mass is 9.93. The first-order valence-electron chi connectivity index (χ1n) is 4.85. The Labute approximate surface area is 81.0 Å². The Kier molecular flexibility index (Phi) is 3.71. The summed E-state index contributed by atoms with van der Waals surface area (Å²) in [4.78, 5) is 2.40. The summed E-state index contributed by atoms with van der Waals surface area (Å²) in [6.45, 7) is 7.81. The second kappa shape index (κ2) is 4.40. The van der Waals surface area contributed by atoms with E-state index in [1.54, 1.807) is 14.2 Å². The number of hydrogen-bond donors (Lipinski definition) is 0. The van der Waals surface area contributed by atoms with Gasteiger partial charge >= 0.3 is 0 Å². The molecule has 0 unspecified atom stereocenters. The van der Waals surface area contributed by atoms with Gasteiger partial charge in [-0.15, -0.1) is 0 Å². The van der Waals surface area contributed by atoms with Crippen LogP contribution < -0.4 is 0 Å². The molecule has 0 radical (unpaired) electrons. The molecule has 0 saturated carbocycles. The van der Waals surface area contributed by atoms with E-state index in [4.69, 9.17) is 9.47 Å². The Balaban J connectivity index is 2.31. The van der Waals surface area contributed by atoms with E-state index in [1.165, 1.54) is 6.42 Å². The number of rotatable bonds is 4. The molecule has 0 atom stereocenters. The molecule has 0 aromatic carbocycles. The Morgan fingerprint density at radius 2 is 1.92 bits per heavy atom. The maximum absolute atomic E-state index is 5.17. The van der Waals surface area contributed by atoms with Gasteiger partial charge < -0.3 is 9.47 Å². The van der Waals surface area contributed by atoms with Crippen LogP contribution in [0.25, 0.3) is 0 Å². The van der Waals surface area contributed by atoms with Crippen molar-refractivity contribution in [2.24, 2.45) is 5.41 Å². The molecule has 1 fully saturated rings. The number of methoxy groups -OCH3 is 2. The van der Waals surface area contributed by atoms with E-state index in [9.17, 15) is 0 Å². The van der Waals surface area contributed by atoms with Crippen molar-refractivity contribution in [3.8, 4) is 0 Å². The Bertz CT molecular complexity index is 155. The fourth-order valence-electron chi connectivity index (χ4n) is 1.84. The molecular weight excluding hydrogens is 166 g/mol. The van der Waals surface area contributed by atoms with Crippen LogP contribution in [0.3, 0.4) is 0 Å². The summed E-state index contributed by atoms with van der Waals surface area (Å²) in [7, 11) is 3.38. The van der Waals surface area contributed by atoms with Crippen LogP contribution in [0.15, 0.2) is 0 Å². The van der Waals surface area contributed by atoms with Gasteiger partial charge in [0.15, 0.2) is 6.29 Å². The van der Waals surface area contributed by atoms with Crippen molar-refractivity contribution < 1.29 is 9.47 Å². The summed E-state index contributed by atoms with van der Waals surface area (Å²) in [5.74, 6) is 0. The van der Waals surface area contributed by atoms with Gasteiger partial charge in [0, 0.05) is 27.3 Å². The van der Waals surface area contributed by atoms with Gasteiger partial charge in [0.25, 0.3) is 0 Å². The summed E-state index contributed by atoms with van der Waals surface area (Å²) >= 11 is 0. The van der Waals surface area contributed by atoms with Gasteiger partial charge in [0.1, 0.15) is 0 Å². The van der Waals surface area contributed by atoms with E-state index in [1.807, 2.05) is 0 Å². The molecular formula is C10H21NO2. The van der Waals surface area contributed by atoms with E-state index < -0.39 is 0 Å². The molecule has 1 saturated heterocycles. The van der Waals surface area contributed by atoms with E-state index in [-0.39, 0.29) is 6.29 Å². The van der Waals surface area contributed by atoms with Gasteiger partial charge in [0.2, 0.25) is 0 Å². The largest absolute Gasteiger partial charge is 0.355 e. The van der Waals surface area contributed by atoms with Crippen LogP contribution in [0.4, 0.5) is 0 Å². The average Bonchev–Trinajstić information content (AvgIpc) is 2.41. The zero-order valence-corrected chi connectivity index (χ0v) is 9.17. The molecule has 0 amide bonds. The second-order valence-corrected chi connectivity index (χ2v) is 4.55. The minimum atomic E-state index is -0.0751. The third-order valence-electron chi connectivity index (χ3n) is 2.69. The van der Waals surface area contributed by atoms with E-state index in [2.05, 4.69) is 18.7 Å². The fraction of sp³-hybridized carbons (Fsp3) is 1.00. The minimum Gasteiger partial charge on any atom is -0.355 e. The highest BCUT2D eigenvalue weighted by Crippen LogP contribution is 2.28. The quantitative estimate of drug-likeness (QED) is 0.620. The van der Waals surface area contributed by atoms with Crippen molar-refractivity contribution in [3.63, 3.8) is 0 Å². The van der Waals surface area contributed by atoms with Gasteiger partial charge in [-0.1, -0.05) is 13.8 Å². The summed E-state index contributed by atoms with van der Waals surface area (Å²) in [6, 6.07) is 0. The lowest BCUT2D eigenvalue weighted by Crippen LogP contribution is -2.33. The van der Waals surface area contributed by atoms with Gasteiger partial charge in [-0.25, -0.2) is 0 Å². The van der Waals surface area contributed by atoms with Crippen LogP contribution >= 0.6 is 0 Å². The fourth-order valence-corrected chi connectivity index (χ4v) is 1.84.